The van der Waals surface area contributed by atoms with Crippen molar-refractivity contribution in [1.82, 2.24) is 10.2 Å². The monoisotopic (exact) mass is 337 g/mol. The summed E-state index contributed by atoms with van der Waals surface area (Å²) in [7, 11) is 0. The van der Waals surface area contributed by atoms with Gasteiger partial charge in [0.2, 0.25) is 5.13 Å². The Labute approximate surface area is 143 Å². The van der Waals surface area contributed by atoms with E-state index in [1.807, 2.05) is 6.08 Å². The first-order valence-corrected chi connectivity index (χ1v) is 9.09. The smallest absolute Gasteiger partial charge is 0.206 e. The number of benzene rings is 2. The number of hydrogen-bond donors (Lipinski definition) is 1. The molecule has 0 aliphatic heterocycles. The van der Waals surface area contributed by atoms with Gasteiger partial charge >= 0.3 is 0 Å². The quantitative estimate of drug-likeness (QED) is 0.665. The molecule has 0 fully saturated rings. The standard InChI is InChI=1S/C18H15N3S2/c1-2-11-19-17-20-21-18(23-17)22-16-14-9-5-3-7-12(14)13-8-4-6-10-15(13)16/h2-10,16H,1,11H2,(H,19,20). The van der Waals surface area contributed by atoms with Crippen molar-refractivity contribution in [2.75, 3.05) is 11.9 Å². The maximum absolute atomic E-state index is 4.31. The minimum atomic E-state index is 0.280. The van der Waals surface area contributed by atoms with Gasteiger partial charge in [0.25, 0.3) is 0 Å². The van der Waals surface area contributed by atoms with E-state index in [0.29, 0.717) is 6.54 Å². The predicted octanol–water partition coefficient (Wildman–Crippen LogP) is 5.00. The summed E-state index contributed by atoms with van der Waals surface area (Å²) in [6.07, 6.45) is 1.82. The molecule has 0 radical (unpaired) electrons. The lowest BCUT2D eigenvalue weighted by molar-refractivity contribution is 1.00. The van der Waals surface area contributed by atoms with Gasteiger partial charge in [-0.3, -0.25) is 0 Å². The molecule has 1 aliphatic carbocycles. The van der Waals surface area contributed by atoms with Gasteiger partial charge in [0, 0.05) is 6.54 Å². The average Bonchev–Trinajstić information content (AvgIpc) is 3.17. The van der Waals surface area contributed by atoms with Crippen molar-refractivity contribution in [3.8, 4) is 11.1 Å². The molecule has 0 saturated carbocycles. The van der Waals surface area contributed by atoms with Crippen molar-refractivity contribution in [2.24, 2.45) is 0 Å². The number of hydrogen-bond acceptors (Lipinski definition) is 5. The van der Waals surface area contributed by atoms with Gasteiger partial charge in [-0.1, -0.05) is 77.7 Å². The van der Waals surface area contributed by atoms with Gasteiger partial charge in [0.05, 0.1) is 5.25 Å². The topological polar surface area (TPSA) is 37.8 Å². The first-order valence-electron chi connectivity index (χ1n) is 7.40. The molecule has 0 bridgehead atoms. The molecule has 4 rings (SSSR count). The zero-order chi connectivity index (χ0) is 15.6. The molecule has 1 N–H and O–H groups in total. The van der Waals surface area contributed by atoms with E-state index >= 15 is 0 Å². The van der Waals surface area contributed by atoms with Crippen LogP contribution in [0.1, 0.15) is 16.4 Å². The highest BCUT2D eigenvalue weighted by Gasteiger charge is 2.29. The van der Waals surface area contributed by atoms with Gasteiger partial charge in [-0.05, 0) is 22.3 Å². The van der Waals surface area contributed by atoms with Crippen molar-refractivity contribution in [3.63, 3.8) is 0 Å². The van der Waals surface area contributed by atoms with Crippen LogP contribution in [0.5, 0.6) is 0 Å². The summed E-state index contributed by atoms with van der Waals surface area (Å²) in [4.78, 5) is 0. The highest BCUT2D eigenvalue weighted by atomic mass is 32.2. The lowest BCUT2D eigenvalue weighted by Gasteiger charge is -2.10. The summed E-state index contributed by atoms with van der Waals surface area (Å²) < 4.78 is 0.980. The lowest BCUT2D eigenvalue weighted by Crippen LogP contribution is -1.96. The maximum Gasteiger partial charge on any atom is 0.206 e. The van der Waals surface area contributed by atoms with E-state index in [9.17, 15) is 0 Å². The number of nitrogens with zero attached hydrogens (tertiary/aromatic N) is 2. The van der Waals surface area contributed by atoms with E-state index in [-0.39, 0.29) is 5.25 Å². The fourth-order valence-corrected chi connectivity index (χ4v) is 4.98. The average molecular weight is 337 g/mol. The molecule has 114 valence electrons. The molecule has 1 heterocycles. The van der Waals surface area contributed by atoms with Crippen molar-refractivity contribution < 1.29 is 0 Å². The fourth-order valence-electron chi connectivity index (χ4n) is 2.83. The highest BCUT2D eigenvalue weighted by Crippen LogP contribution is 2.52. The molecule has 1 aliphatic rings. The molecule has 3 nitrogen and oxygen atoms in total. The van der Waals surface area contributed by atoms with E-state index in [0.717, 1.165) is 9.47 Å². The minimum absolute atomic E-state index is 0.280. The van der Waals surface area contributed by atoms with Crippen LogP contribution in [-0.4, -0.2) is 16.7 Å². The fraction of sp³-hybridized carbons (Fsp3) is 0.111. The third kappa shape index (κ3) is 2.66. The van der Waals surface area contributed by atoms with Crippen LogP contribution in [0.3, 0.4) is 0 Å². The second-order valence-electron chi connectivity index (χ2n) is 5.22. The van der Waals surface area contributed by atoms with Crippen molar-refractivity contribution in [1.29, 1.82) is 0 Å². The molecular formula is C18H15N3S2. The van der Waals surface area contributed by atoms with Gasteiger partial charge in [-0.25, -0.2) is 0 Å². The Morgan fingerprint density at radius 3 is 2.35 bits per heavy atom. The van der Waals surface area contributed by atoms with Gasteiger partial charge in [0.15, 0.2) is 4.34 Å². The number of thioether (sulfide) groups is 1. The Bertz CT molecular complexity index is 811. The van der Waals surface area contributed by atoms with Gasteiger partial charge < -0.3 is 5.32 Å². The number of anilines is 1. The number of fused-ring (bicyclic) bond motifs is 3. The number of aromatic nitrogens is 2. The Balaban J connectivity index is 1.66. The van der Waals surface area contributed by atoms with E-state index in [1.54, 1.807) is 23.1 Å². The van der Waals surface area contributed by atoms with Crippen LogP contribution in [0, 0.1) is 0 Å². The summed E-state index contributed by atoms with van der Waals surface area (Å²) in [6, 6.07) is 17.2. The third-order valence-corrected chi connectivity index (χ3v) is 6.04. The van der Waals surface area contributed by atoms with E-state index < -0.39 is 0 Å². The maximum atomic E-state index is 4.31. The molecule has 2 aromatic carbocycles. The Kier molecular flexibility index (Phi) is 3.89. The van der Waals surface area contributed by atoms with Crippen LogP contribution in [0.4, 0.5) is 5.13 Å². The van der Waals surface area contributed by atoms with Crippen LogP contribution < -0.4 is 5.32 Å². The molecule has 0 saturated heterocycles. The van der Waals surface area contributed by atoms with Crippen molar-refractivity contribution in [3.05, 3.63) is 72.3 Å². The lowest BCUT2D eigenvalue weighted by atomic mass is 10.1. The minimum Gasteiger partial charge on any atom is -0.357 e. The van der Waals surface area contributed by atoms with Crippen LogP contribution in [0.2, 0.25) is 0 Å². The van der Waals surface area contributed by atoms with Crippen LogP contribution in [0.15, 0.2) is 65.5 Å². The molecule has 0 unspecified atom stereocenters. The third-order valence-electron chi connectivity index (χ3n) is 3.80. The van der Waals surface area contributed by atoms with E-state index in [2.05, 4.69) is 70.6 Å². The van der Waals surface area contributed by atoms with Crippen LogP contribution >= 0.6 is 23.1 Å². The second-order valence-corrected chi connectivity index (χ2v) is 7.54. The molecule has 0 amide bonds. The van der Waals surface area contributed by atoms with Gasteiger partial charge in [-0.15, -0.1) is 16.8 Å². The summed E-state index contributed by atoms with van der Waals surface area (Å²) in [5.74, 6) is 0. The van der Waals surface area contributed by atoms with Gasteiger partial charge in [0.1, 0.15) is 0 Å². The molecule has 3 aromatic rings. The van der Waals surface area contributed by atoms with E-state index in [1.165, 1.54) is 22.3 Å². The zero-order valence-electron chi connectivity index (χ0n) is 12.4. The molecule has 0 spiro atoms. The summed E-state index contributed by atoms with van der Waals surface area (Å²) in [6.45, 7) is 4.41. The van der Waals surface area contributed by atoms with Gasteiger partial charge in [-0.2, -0.15) is 0 Å². The van der Waals surface area contributed by atoms with E-state index in [4.69, 9.17) is 0 Å². The molecular weight excluding hydrogens is 322 g/mol. The first-order chi connectivity index (χ1) is 11.4. The van der Waals surface area contributed by atoms with Crippen LogP contribution in [0.25, 0.3) is 11.1 Å². The largest absolute Gasteiger partial charge is 0.357 e. The van der Waals surface area contributed by atoms with Crippen LogP contribution in [-0.2, 0) is 0 Å². The zero-order valence-corrected chi connectivity index (χ0v) is 14.0. The molecule has 23 heavy (non-hydrogen) atoms. The molecule has 1 aromatic heterocycles. The number of rotatable bonds is 5. The normalized spacial score (nSPS) is 12.7. The highest BCUT2D eigenvalue weighted by molar-refractivity contribution is 8.01. The molecule has 5 heteroatoms. The summed E-state index contributed by atoms with van der Waals surface area (Å²) in [5.41, 5.74) is 5.37. The molecule has 0 atom stereocenters. The Hall–Kier alpha value is -2.11. The summed E-state index contributed by atoms with van der Waals surface area (Å²) >= 11 is 3.36. The Morgan fingerprint density at radius 1 is 1.04 bits per heavy atom. The van der Waals surface area contributed by atoms with Crippen molar-refractivity contribution in [2.45, 2.75) is 9.59 Å². The SMILES string of the molecule is C=CCNc1nnc(SC2c3ccccc3-c3ccccc32)s1. The Morgan fingerprint density at radius 2 is 1.70 bits per heavy atom. The predicted molar refractivity (Wildman–Crippen MR) is 98.2 cm³/mol. The van der Waals surface area contributed by atoms with Crippen molar-refractivity contribution >= 4 is 28.2 Å². The second kappa shape index (κ2) is 6.18. The first kappa shape index (κ1) is 14.5. The summed E-state index contributed by atoms with van der Waals surface area (Å²) in [5, 5.41) is 12.8. The number of nitrogens with one attached hydrogen (secondary N) is 1.